The molecule has 7 nitrogen and oxygen atoms in total. The molecule has 1 N–H and O–H groups in total. The molecule has 7 heteroatoms. The number of imide groups is 1. The summed E-state index contributed by atoms with van der Waals surface area (Å²) in [6.45, 7) is 4.77. The number of carbonyl (C=O) groups excluding carboxylic acids is 4. The van der Waals surface area contributed by atoms with Crippen molar-refractivity contribution in [2.45, 2.75) is 38.6 Å². The highest BCUT2D eigenvalue weighted by atomic mass is 16.5. The fourth-order valence-electron chi connectivity index (χ4n) is 3.45. The van der Waals surface area contributed by atoms with Crippen LogP contribution in [-0.2, 0) is 19.9 Å². The van der Waals surface area contributed by atoms with E-state index in [2.05, 4.69) is 19.2 Å². The van der Waals surface area contributed by atoms with E-state index in [9.17, 15) is 19.2 Å². The Morgan fingerprint density at radius 1 is 1.06 bits per heavy atom. The van der Waals surface area contributed by atoms with Crippen molar-refractivity contribution in [2.75, 3.05) is 13.2 Å². The lowest BCUT2D eigenvalue weighted by Crippen LogP contribution is -2.41. The molecule has 162 valence electrons. The second kappa shape index (κ2) is 9.12. The van der Waals surface area contributed by atoms with Gasteiger partial charge in [0.05, 0.1) is 0 Å². The van der Waals surface area contributed by atoms with Crippen molar-refractivity contribution in [1.29, 1.82) is 0 Å². The molecule has 2 aromatic rings. The van der Waals surface area contributed by atoms with E-state index >= 15 is 0 Å². The quantitative estimate of drug-likeness (QED) is 0.400. The van der Waals surface area contributed by atoms with Gasteiger partial charge in [0.15, 0.2) is 12.4 Å². The molecule has 3 amide bonds. The average molecular weight is 422 g/mol. The van der Waals surface area contributed by atoms with Crippen molar-refractivity contribution in [3.05, 3.63) is 71.3 Å². The number of benzene rings is 2. The maximum atomic E-state index is 12.8. The highest BCUT2D eigenvalue weighted by molar-refractivity contribution is 6.09. The van der Waals surface area contributed by atoms with Gasteiger partial charge in [-0.2, -0.15) is 0 Å². The van der Waals surface area contributed by atoms with Crippen LogP contribution in [0.2, 0.25) is 0 Å². The lowest BCUT2D eigenvalue weighted by molar-refractivity contribution is -0.146. The number of ketones is 1. The number of urea groups is 1. The third-order valence-corrected chi connectivity index (χ3v) is 5.69. The van der Waals surface area contributed by atoms with Crippen LogP contribution in [0.4, 0.5) is 4.79 Å². The molecule has 3 rings (SSSR count). The smallest absolute Gasteiger partial charge is 0.326 e. The number of nitrogens with one attached hydrogen (secondary N) is 1. The number of rotatable bonds is 8. The van der Waals surface area contributed by atoms with Gasteiger partial charge in [-0.25, -0.2) is 4.79 Å². The van der Waals surface area contributed by atoms with E-state index in [1.165, 1.54) is 0 Å². The summed E-state index contributed by atoms with van der Waals surface area (Å²) in [5.41, 5.74) is 0.925. The van der Waals surface area contributed by atoms with Crippen molar-refractivity contribution >= 4 is 23.7 Å². The molecule has 0 aromatic heterocycles. The second-order valence-electron chi connectivity index (χ2n) is 7.83. The van der Waals surface area contributed by atoms with Crippen LogP contribution < -0.4 is 5.32 Å². The van der Waals surface area contributed by atoms with E-state index in [4.69, 9.17) is 4.74 Å². The van der Waals surface area contributed by atoms with Crippen LogP contribution >= 0.6 is 0 Å². The summed E-state index contributed by atoms with van der Waals surface area (Å²) in [7, 11) is 0. The number of amides is 3. The Bertz CT molecular complexity index is 987. The molecule has 1 saturated heterocycles. The van der Waals surface area contributed by atoms with Gasteiger partial charge in [-0.05, 0) is 30.4 Å². The van der Waals surface area contributed by atoms with Gasteiger partial charge in [0.25, 0.3) is 5.91 Å². The summed E-state index contributed by atoms with van der Waals surface area (Å²) >= 11 is 0. The summed E-state index contributed by atoms with van der Waals surface area (Å²) in [6, 6.07) is 15.3. The van der Waals surface area contributed by atoms with Crippen LogP contribution in [0.3, 0.4) is 0 Å². The summed E-state index contributed by atoms with van der Waals surface area (Å²) in [6.07, 6.45) is 0.997. The zero-order valence-electron chi connectivity index (χ0n) is 17.9. The van der Waals surface area contributed by atoms with Crippen molar-refractivity contribution in [2.24, 2.45) is 0 Å². The van der Waals surface area contributed by atoms with Gasteiger partial charge < -0.3 is 10.1 Å². The number of nitrogens with zero attached hydrogens (tertiary/aromatic N) is 1. The molecule has 0 saturated carbocycles. The second-order valence-corrected chi connectivity index (χ2v) is 7.83. The van der Waals surface area contributed by atoms with Gasteiger partial charge in [-0.1, -0.05) is 68.4 Å². The topological polar surface area (TPSA) is 92.8 Å². The van der Waals surface area contributed by atoms with Crippen LogP contribution in [0.25, 0.3) is 0 Å². The van der Waals surface area contributed by atoms with E-state index in [0.717, 1.165) is 16.9 Å². The maximum Gasteiger partial charge on any atom is 0.326 e. The number of carbonyl (C=O) groups is 4. The third-order valence-electron chi connectivity index (χ3n) is 5.69. The van der Waals surface area contributed by atoms with Gasteiger partial charge in [0.1, 0.15) is 12.1 Å². The van der Waals surface area contributed by atoms with Crippen LogP contribution in [0, 0.1) is 0 Å². The first-order valence-electron chi connectivity index (χ1n) is 10.2. The summed E-state index contributed by atoms with van der Waals surface area (Å²) < 4.78 is 5.03. The molecular formula is C24H26N2O5. The molecule has 31 heavy (non-hydrogen) atoms. The number of esters is 1. The molecule has 1 aliphatic rings. The zero-order chi connectivity index (χ0) is 22.6. The Labute approximate surface area is 181 Å². The largest absolute Gasteiger partial charge is 0.456 e. The van der Waals surface area contributed by atoms with E-state index < -0.39 is 36.6 Å². The summed E-state index contributed by atoms with van der Waals surface area (Å²) in [5, 5.41) is 2.62. The van der Waals surface area contributed by atoms with Crippen LogP contribution in [0.1, 0.15) is 54.6 Å². The number of hydrogen-bond donors (Lipinski definition) is 1. The fraction of sp³-hybridized carbons (Fsp3) is 0.333. The Hall–Kier alpha value is -3.48. The normalized spacial score (nSPS) is 19.1. The Balaban J connectivity index is 1.58. The lowest BCUT2D eigenvalue weighted by atomic mass is 9.92. The van der Waals surface area contributed by atoms with Gasteiger partial charge in [0.2, 0.25) is 0 Å². The van der Waals surface area contributed by atoms with E-state index in [1.807, 2.05) is 12.1 Å². The molecule has 0 spiro atoms. The molecule has 1 fully saturated rings. The Morgan fingerprint density at radius 2 is 1.71 bits per heavy atom. The first kappa shape index (κ1) is 22.2. The Morgan fingerprint density at radius 3 is 2.32 bits per heavy atom. The van der Waals surface area contributed by atoms with Crippen LogP contribution in [0.15, 0.2) is 54.6 Å². The van der Waals surface area contributed by atoms with Crippen LogP contribution in [0.5, 0.6) is 0 Å². The van der Waals surface area contributed by atoms with Gasteiger partial charge >= 0.3 is 12.0 Å². The molecule has 0 bridgehead atoms. The molecule has 2 aromatic carbocycles. The lowest BCUT2D eigenvalue weighted by Gasteiger charge is -2.21. The van der Waals surface area contributed by atoms with E-state index in [-0.39, 0.29) is 5.78 Å². The van der Waals surface area contributed by atoms with Crippen molar-refractivity contribution in [3.8, 4) is 0 Å². The minimum absolute atomic E-state index is 0.352. The van der Waals surface area contributed by atoms with Crippen molar-refractivity contribution in [3.63, 3.8) is 0 Å². The SMILES string of the molecule is CC[C@H](C)c1ccc(C(=O)COC(=O)CN2C(=O)N[C@](C)(c3ccccc3)C2=O)cc1. The van der Waals surface area contributed by atoms with Gasteiger partial charge in [-0.15, -0.1) is 0 Å². The van der Waals surface area contributed by atoms with E-state index in [1.54, 1.807) is 49.4 Å². The number of ether oxygens (including phenoxy) is 1. The summed E-state index contributed by atoms with van der Waals surface area (Å²) in [4.78, 5) is 50.4. The molecule has 0 aliphatic carbocycles. The standard InChI is InChI=1S/C24H26N2O5/c1-4-16(2)17-10-12-18(13-11-17)20(27)15-31-21(28)14-26-22(29)24(3,25-23(26)30)19-8-6-5-7-9-19/h5-13,16H,4,14-15H2,1-3H3,(H,25,30)/t16-,24+/m0/s1. The van der Waals surface area contributed by atoms with Crippen molar-refractivity contribution in [1.82, 2.24) is 10.2 Å². The fourth-order valence-corrected chi connectivity index (χ4v) is 3.45. The van der Waals surface area contributed by atoms with Gasteiger partial charge in [-0.3, -0.25) is 19.3 Å². The monoisotopic (exact) mass is 422 g/mol. The Kier molecular flexibility index (Phi) is 6.53. The minimum Gasteiger partial charge on any atom is -0.456 e. The number of Topliss-reactive ketones (excluding diaryl/α,β-unsaturated/α-hetero) is 1. The predicted molar refractivity (Wildman–Crippen MR) is 114 cm³/mol. The number of hydrogen-bond acceptors (Lipinski definition) is 5. The molecule has 1 heterocycles. The highest BCUT2D eigenvalue weighted by Gasteiger charge is 2.49. The first-order chi connectivity index (χ1) is 14.8. The molecule has 1 aliphatic heterocycles. The predicted octanol–water partition coefficient (Wildman–Crippen LogP) is 3.39. The van der Waals surface area contributed by atoms with Crippen molar-refractivity contribution < 1.29 is 23.9 Å². The molecular weight excluding hydrogens is 396 g/mol. The van der Waals surface area contributed by atoms with Gasteiger partial charge in [0, 0.05) is 5.56 Å². The van der Waals surface area contributed by atoms with Crippen LogP contribution in [-0.4, -0.2) is 41.7 Å². The highest BCUT2D eigenvalue weighted by Crippen LogP contribution is 2.28. The first-order valence-corrected chi connectivity index (χ1v) is 10.2. The average Bonchev–Trinajstić information content (AvgIpc) is 3.01. The molecule has 0 radical (unpaired) electrons. The molecule has 0 unspecified atom stereocenters. The zero-order valence-corrected chi connectivity index (χ0v) is 17.9. The minimum atomic E-state index is -1.26. The third kappa shape index (κ3) is 4.66. The molecule has 2 atom stereocenters. The van der Waals surface area contributed by atoms with E-state index in [0.29, 0.717) is 17.0 Å². The summed E-state index contributed by atoms with van der Waals surface area (Å²) in [5.74, 6) is -1.33. The maximum absolute atomic E-state index is 12.8.